The van der Waals surface area contributed by atoms with Crippen molar-refractivity contribution in [3.8, 4) is 6.01 Å². The van der Waals surface area contributed by atoms with Crippen molar-refractivity contribution in [1.29, 1.82) is 0 Å². The van der Waals surface area contributed by atoms with Gasteiger partial charge in [-0.25, -0.2) is 15.0 Å². The standard InChI is InChI=1S/C16H21N7O.C3H6/c1-13(2)6-4-8-18-15(22-23-9-5-7-17-12-23)21-14-10-19-16(24-3)20-11-14;1-3-2/h4-11H,12H2,1-3H3,(H2,18,21,22);3H,1H2,2H3/b8-4+;. The van der Waals surface area contributed by atoms with Gasteiger partial charge in [-0.05, 0) is 32.9 Å². The number of methoxy groups -OCH3 is 1. The highest BCUT2D eigenvalue weighted by atomic mass is 16.5. The van der Waals surface area contributed by atoms with E-state index in [2.05, 4.69) is 37.3 Å². The van der Waals surface area contributed by atoms with E-state index in [9.17, 15) is 0 Å². The fourth-order valence-corrected chi connectivity index (χ4v) is 1.66. The molecule has 0 radical (unpaired) electrons. The number of hydrogen-bond donors (Lipinski definition) is 2. The van der Waals surface area contributed by atoms with Gasteiger partial charge in [0, 0.05) is 18.6 Å². The van der Waals surface area contributed by atoms with Crippen LogP contribution < -0.4 is 15.5 Å². The van der Waals surface area contributed by atoms with E-state index >= 15 is 0 Å². The van der Waals surface area contributed by atoms with Crippen LogP contribution in [0.1, 0.15) is 20.8 Å². The first-order valence-corrected chi connectivity index (χ1v) is 8.37. The number of hydrazine groups is 1. The Balaban J connectivity index is 0.00000114. The third-order valence-corrected chi connectivity index (χ3v) is 2.73. The van der Waals surface area contributed by atoms with Crippen molar-refractivity contribution in [3.05, 3.63) is 61.2 Å². The number of aliphatic imine (C=N–C) groups is 2. The minimum absolute atomic E-state index is 0.309. The van der Waals surface area contributed by atoms with Crippen LogP contribution in [-0.2, 0) is 0 Å². The van der Waals surface area contributed by atoms with Crippen LogP contribution in [0.15, 0.2) is 71.2 Å². The fraction of sp³-hybridized carbons (Fsp3) is 0.263. The molecule has 0 unspecified atom stereocenters. The number of anilines is 1. The molecule has 1 aromatic rings. The molecule has 0 spiro atoms. The molecule has 0 saturated heterocycles. The third kappa shape index (κ3) is 9.59. The Kier molecular flexibility index (Phi) is 10.3. The van der Waals surface area contributed by atoms with Gasteiger partial charge in [-0.2, -0.15) is 0 Å². The van der Waals surface area contributed by atoms with Crippen molar-refractivity contribution < 1.29 is 4.74 Å². The van der Waals surface area contributed by atoms with E-state index in [1.54, 1.807) is 35.9 Å². The Hall–Kier alpha value is -3.42. The quantitative estimate of drug-likeness (QED) is 0.358. The topological polar surface area (TPSA) is 87.0 Å². The Morgan fingerprint density at radius 1 is 1.33 bits per heavy atom. The highest BCUT2D eigenvalue weighted by molar-refractivity contribution is 5.93. The van der Waals surface area contributed by atoms with E-state index in [0.717, 1.165) is 0 Å². The van der Waals surface area contributed by atoms with Gasteiger partial charge >= 0.3 is 6.01 Å². The minimum Gasteiger partial charge on any atom is -0.467 e. The van der Waals surface area contributed by atoms with Crippen molar-refractivity contribution in [1.82, 2.24) is 20.4 Å². The van der Waals surface area contributed by atoms with E-state index in [1.807, 2.05) is 45.2 Å². The second kappa shape index (κ2) is 12.9. The summed E-state index contributed by atoms with van der Waals surface area (Å²) in [5, 5.41) is 4.92. The number of ether oxygens (including phenoxy) is 1. The number of nitrogens with zero attached hydrogens (tertiary/aromatic N) is 5. The smallest absolute Gasteiger partial charge is 0.316 e. The summed E-state index contributed by atoms with van der Waals surface area (Å²) < 4.78 is 4.95. The summed E-state index contributed by atoms with van der Waals surface area (Å²) in [6.45, 7) is 9.79. The summed E-state index contributed by atoms with van der Waals surface area (Å²) in [4.78, 5) is 16.7. The van der Waals surface area contributed by atoms with Gasteiger partial charge in [-0.1, -0.05) is 17.7 Å². The van der Waals surface area contributed by atoms with Crippen LogP contribution in [0, 0.1) is 0 Å². The van der Waals surface area contributed by atoms with E-state index in [0.29, 0.717) is 24.3 Å². The van der Waals surface area contributed by atoms with Crippen molar-refractivity contribution in [2.75, 3.05) is 19.1 Å². The largest absolute Gasteiger partial charge is 0.467 e. The maximum atomic E-state index is 4.95. The molecule has 0 saturated carbocycles. The maximum Gasteiger partial charge on any atom is 0.316 e. The second-order valence-corrected chi connectivity index (χ2v) is 5.45. The molecule has 8 heteroatoms. The summed E-state index contributed by atoms with van der Waals surface area (Å²) in [5.74, 6) is 0.518. The normalized spacial score (nSPS) is 12.9. The Morgan fingerprint density at radius 2 is 2.04 bits per heavy atom. The third-order valence-electron chi connectivity index (χ3n) is 2.73. The minimum atomic E-state index is 0.309. The fourth-order valence-electron chi connectivity index (χ4n) is 1.66. The predicted octanol–water partition coefficient (Wildman–Crippen LogP) is 3.29. The zero-order valence-corrected chi connectivity index (χ0v) is 16.3. The van der Waals surface area contributed by atoms with E-state index in [4.69, 9.17) is 4.74 Å². The van der Waals surface area contributed by atoms with Gasteiger partial charge in [0.2, 0.25) is 5.96 Å². The Morgan fingerprint density at radius 3 is 2.59 bits per heavy atom. The molecule has 2 heterocycles. The van der Waals surface area contributed by atoms with Gasteiger partial charge in [0.1, 0.15) is 6.67 Å². The molecule has 1 aromatic heterocycles. The maximum absolute atomic E-state index is 4.95. The molecule has 144 valence electrons. The molecule has 0 bridgehead atoms. The summed E-state index contributed by atoms with van der Waals surface area (Å²) >= 11 is 0. The molecule has 0 amide bonds. The molecule has 0 aromatic carbocycles. The van der Waals surface area contributed by atoms with Gasteiger partial charge in [-0.3, -0.25) is 15.4 Å². The summed E-state index contributed by atoms with van der Waals surface area (Å²) in [5.41, 5.74) is 5.01. The molecule has 0 fully saturated rings. The van der Waals surface area contributed by atoms with Crippen LogP contribution in [0.3, 0.4) is 0 Å². The van der Waals surface area contributed by atoms with Gasteiger partial charge in [0.15, 0.2) is 0 Å². The highest BCUT2D eigenvalue weighted by Gasteiger charge is 2.06. The van der Waals surface area contributed by atoms with E-state index < -0.39 is 0 Å². The molecule has 0 atom stereocenters. The molecular weight excluding hydrogens is 342 g/mol. The lowest BCUT2D eigenvalue weighted by Crippen LogP contribution is -2.43. The average molecular weight is 369 g/mol. The first kappa shape index (κ1) is 21.6. The molecule has 1 aliphatic rings. The van der Waals surface area contributed by atoms with Crippen LogP contribution >= 0.6 is 0 Å². The lowest BCUT2D eigenvalue weighted by Gasteiger charge is -2.23. The van der Waals surface area contributed by atoms with Crippen LogP contribution in [0.4, 0.5) is 5.69 Å². The number of hydrogen-bond acceptors (Lipinski definition) is 6. The monoisotopic (exact) mass is 369 g/mol. The lowest BCUT2D eigenvalue weighted by atomic mass is 10.3. The number of guanidine groups is 1. The van der Waals surface area contributed by atoms with Gasteiger partial charge < -0.3 is 10.1 Å². The SMILES string of the molecule is C=CC.COc1ncc(NC(=N/C=C/C=C(C)C)NN2C=CC=NC2)cn1. The molecule has 2 N–H and O–H groups in total. The van der Waals surface area contributed by atoms with E-state index in [-0.39, 0.29) is 0 Å². The Bertz CT molecular complexity index is 714. The molecule has 2 rings (SSSR count). The second-order valence-electron chi connectivity index (χ2n) is 5.45. The van der Waals surface area contributed by atoms with Crippen molar-refractivity contribution in [3.63, 3.8) is 0 Å². The zero-order valence-electron chi connectivity index (χ0n) is 16.3. The summed E-state index contributed by atoms with van der Waals surface area (Å²) in [7, 11) is 1.52. The number of nitrogens with one attached hydrogen (secondary N) is 2. The van der Waals surface area contributed by atoms with Crippen molar-refractivity contribution in [2.24, 2.45) is 9.98 Å². The number of allylic oxidation sites excluding steroid dienone is 5. The van der Waals surface area contributed by atoms with E-state index in [1.165, 1.54) is 12.7 Å². The zero-order chi connectivity index (χ0) is 19.9. The lowest BCUT2D eigenvalue weighted by molar-refractivity contribution is 0.342. The van der Waals surface area contributed by atoms with Crippen LogP contribution in [-0.4, -0.2) is 40.9 Å². The van der Waals surface area contributed by atoms with Crippen molar-refractivity contribution in [2.45, 2.75) is 20.8 Å². The van der Waals surface area contributed by atoms with Gasteiger partial charge in [0.25, 0.3) is 0 Å². The van der Waals surface area contributed by atoms with Gasteiger partial charge in [0.05, 0.1) is 25.2 Å². The first-order chi connectivity index (χ1) is 13.1. The van der Waals surface area contributed by atoms with Crippen LogP contribution in [0.2, 0.25) is 0 Å². The number of rotatable bonds is 5. The molecule has 8 nitrogen and oxygen atoms in total. The summed E-state index contributed by atoms with van der Waals surface area (Å²) in [6, 6.07) is 0.309. The molecule has 0 aliphatic carbocycles. The molecule has 1 aliphatic heterocycles. The number of aromatic nitrogens is 2. The first-order valence-electron chi connectivity index (χ1n) is 8.37. The predicted molar refractivity (Wildman–Crippen MR) is 112 cm³/mol. The highest BCUT2D eigenvalue weighted by Crippen LogP contribution is 2.07. The Labute approximate surface area is 160 Å². The molecular formula is C19H27N7O. The van der Waals surface area contributed by atoms with Crippen LogP contribution in [0.25, 0.3) is 0 Å². The van der Waals surface area contributed by atoms with Crippen LogP contribution in [0.5, 0.6) is 6.01 Å². The average Bonchev–Trinajstić information content (AvgIpc) is 2.67. The van der Waals surface area contributed by atoms with Gasteiger partial charge in [-0.15, -0.1) is 6.58 Å². The molecule has 27 heavy (non-hydrogen) atoms. The van der Waals surface area contributed by atoms with Crippen molar-refractivity contribution >= 4 is 17.9 Å². The summed E-state index contributed by atoms with van der Waals surface area (Å²) in [6.07, 6.45) is 16.0.